The zero-order valence-corrected chi connectivity index (χ0v) is 9.70. The summed E-state index contributed by atoms with van der Waals surface area (Å²) >= 11 is 2.88. The monoisotopic (exact) mass is 279 g/mol. The Morgan fingerprint density at radius 3 is 2.36 bits per heavy atom. The number of hydrogen-bond acceptors (Lipinski definition) is 3. The van der Waals surface area contributed by atoms with Gasteiger partial charge in [-0.15, -0.1) is 3.33 Å². The largest absolute Gasteiger partial charge is 0.395 e. The van der Waals surface area contributed by atoms with Crippen LogP contribution in [0.1, 0.15) is 0 Å². The molecule has 1 aromatic carbocycles. The topological polar surface area (TPSA) is 57.6 Å². The molecule has 0 fully saturated rings. The van der Waals surface area contributed by atoms with Crippen molar-refractivity contribution in [3.8, 4) is 0 Å². The molecule has 0 heterocycles. The highest BCUT2D eigenvalue weighted by Crippen LogP contribution is 2.17. The summed E-state index contributed by atoms with van der Waals surface area (Å²) < 4.78 is 24.3. The van der Waals surface area contributed by atoms with Crippen LogP contribution in [0, 0.1) is 0 Å². The molecule has 0 saturated heterocycles. The number of aliphatic hydroxyl groups is 1. The third-order valence-corrected chi connectivity index (χ3v) is 4.65. The molecule has 4 nitrogen and oxygen atoms in total. The Kier molecular flexibility index (Phi) is 4.06. The van der Waals surface area contributed by atoms with E-state index >= 15 is 0 Å². The number of aliphatic hydroxyl groups excluding tert-OH is 1. The van der Waals surface area contributed by atoms with E-state index in [4.69, 9.17) is 5.11 Å². The van der Waals surface area contributed by atoms with Gasteiger partial charge in [0.25, 0.3) is 10.0 Å². The van der Waals surface area contributed by atoms with Crippen molar-refractivity contribution in [2.45, 2.75) is 4.90 Å². The summed E-state index contributed by atoms with van der Waals surface area (Å²) in [5.41, 5.74) is 0. The Balaban J connectivity index is 2.97. The number of benzene rings is 1. The van der Waals surface area contributed by atoms with Gasteiger partial charge >= 0.3 is 0 Å². The van der Waals surface area contributed by atoms with Crippen molar-refractivity contribution < 1.29 is 13.5 Å². The van der Waals surface area contributed by atoms with E-state index in [0.29, 0.717) is 0 Å². The smallest absolute Gasteiger partial charge is 0.252 e. The highest BCUT2D eigenvalue weighted by molar-refractivity contribution is 9.08. The predicted octanol–water partition coefficient (Wildman–Crippen LogP) is 0.980. The lowest BCUT2D eigenvalue weighted by Crippen LogP contribution is -2.24. The van der Waals surface area contributed by atoms with E-state index < -0.39 is 10.0 Å². The van der Waals surface area contributed by atoms with Gasteiger partial charge in [-0.1, -0.05) is 18.2 Å². The Bertz CT molecular complexity index is 379. The van der Waals surface area contributed by atoms with Crippen LogP contribution in [0.4, 0.5) is 0 Å². The zero-order valence-electron chi connectivity index (χ0n) is 7.30. The molecule has 1 aromatic rings. The molecule has 0 aliphatic heterocycles. The fourth-order valence-electron chi connectivity index (χ4n) is 0.906. The van der Waals surface area contributed by atoms with E-state index in [2.05, 4.69) is 16.1 Å². The molecule has 0 amide bonds. The van der Waals surface area contributed by atoms with Gasteiger partial charge in [-0.2, -0.15) is 0 Å². The normalized spacial score (nSPS) is 11.9. The molecule has 6 heteroatoms. The lowest BCUT2D eigenvalue weighted by Gasteiger charge is -2.12. The van der Waals surface area contributed by atoms with E-state index in [9.17, 15) is 8.42 Å². The minimum absolute atomic E-state index is 0.0250. The predicted molar refractivity (Wildman–Crippen MR) is 56.3 cm³/mol. The van der Waals surface area contributed by atoms with Gasteiger partial charge in [0.2, 0.25) is 0 Å². The molecule has 0 aliphatic carbocycles. The number of hydrogen-bond donors (Lipinski definition) is 1. The van der Waals surface area contributed by atoms with Crippen LogP contribution in [0.5, 0.6) is 0 Å². The average molecular weight is 280 g/mol. The van der Waals surface area contributed by atoms with Crippen LogP contribution < -0.4 is 0 Å². The van der Waals surface area contributed by atoms with E-state index in [1.165, 1.54) is 12.1 Å². The molecule has 0 spiro atoms. The molecule has 0 unspecified atom stereocenters. The van der Waals surface area contributed by atoms with Crippen molar-refractivity contribution in [3.05, 3.63) is 30.3 Å². The van der Waals surface area contributed by atoms with Gasteiger partial charge in [-0.25, -0.2) is 8.42 Å². The molecule has 0 bridgehead atoms. The van der Waals surface area contributed by atoms with Gasteiger partial charge < -0.3 is 5.11 Å². The molecule has 0 atom stereocenters. The maximum atomic E-state index is 11.7. The summed E-state index contributed by atoms with van der Waals surface area (Å²) in [6.45, 7) is -0.200. The Hall–Kier alpha value is -0.430. The van der Waals surface area contributed by atoms with Gasteiger partial charge in [0.15, 0.2) is 0 Å². The summed E-state index contributed by atoms with van der Waals surface area (Å²) in [5, 5.41) is 8.61. The zero-order chi connectivity index (χ0) is 10.6. The fraction of sp³-hybridized carbons (Fsp3) is 0.250. The summed E-state index contributed by atoms with van der Waals surface area (Å²) in [7, 11) is -3.51. The molecular formula is C8H10BrNO3S. The second-order valence-electron chi connectivity index (χ2n) is 2.55. The lowest BCUT2D eigenvalue weighted by atomic mass is 10.4. The summed E-state index contributed by atoms with van der Waals surface area (Å²) in [4.78, 5) is 0.199. The molecule has 1 N–H and O–H groups in total. The van der Waals surface area contributed by atoms with Crippen LogP contribution in [0.15, 0.2) is 35.2 Å². The average Bonchev–Trinajstić information content (AvgIpc) is 2.19. The summed E-state index contributed by atoms with van der Waals surface area (Å²) in [6, 6.07) is 8.03. The first-order valence-electron chi connectivity index (χ1n) is 3.93. The highest BCUT2D eigenvalue weighted by atomic mass is 79.9. The van der Waals surface area contributed by atoms with Crippen LogP contribution >= 0.6 is 16.1 Å². The molecule has 78 valence electrons. The van der Waals surface area contributed by atoms with Crippen LogP contribution in [-0.4, -0.2) is 30.0 Å². The number of rotatable bonds is 4. The molecule has 0 aromatic heterocycles. The van der Waals surface area contributed by atoms with Gasteiger partial charge in [-0.3, -0.25) is 0 Å². The van der Waals surface area contributed by atoms with Gasteiger partial charge in [0.1, 0.15) is 0 Å². The van der Waals surface area contributed by atoms with Crippen molar-refractivity contribution in [1.82, 2.24) is 3.33 Å². The van der Waals surface area contributed by atoms with Crippen LogP contribution in [0.2, 0.25) is 0 Å². The first-order chi connectivity index (χ1) is 6.59. The summed E-state index contributed by atoms with van der Waals surface area (Å²) in [6.07, 6.45) is 0. The van der Waals surface area contributed by atoms with E-state index in [1.54, 1.807) is 18.2 Å². The van der Waals surface area contributed by atoms with Crippen LogP contribution in [0.25, 0.3) is 0 Å². The number of nitrogens with zero attached hydrogens (tertiary/aromatic N) is 1. The Morgan fingerprint density at radius 1 is 1.29 bits per heavy atom. The third-order valence-electron chi connectivity index (χ3n) is 1.58. The summed E-state index contributed by atoms with van der Waals surface area (Å²) in [5.74, 6) is 0. The van der Waals surface area contributed by atoms with E-state index in [1.807, 2.05) is 0 Å². The fourth-order valence-corrected chi connectivity index (χ4v) is 2.62. The SMILES string of the molecule is O=S(=O)(c1ccccc1)N(Br)CCO. The minimum Gasteiger partial charge on any atom is -0.395 e. The highest BCUT2D eigenvalue weighted by Gasteiger charge is 2.20. The standard InChI is InChI=1S/C8H10BrNO3S/c9-10(6-7-11)14(12,13)8-4-2-1-3-5-8/h1-5,11H,6-7H2. The van der Waals surface area contributed by atoms with Crippen LogP contribution in [-0.2, 0) is 10.0 Å². The van der Waals surface area contributed by atoms with E-state index in [0.717, 1.165) is 3.33 Å². The first kappa shape index (κ1) is 11.6. The Labute approximate surface area is 91.6 Å². The van der Waals surface area contributed by atoms with Crippen molar-refractivity contribution in [1.29, 1.82) is 0 Å². The molecule has 0 radical (unpaired) electrons. The third kappa shape index (κ3) is 2.54. The minimum atomic E-state index is -3.51. The Morgan fingerprint density at radius 2 is 1.86 bits per heavy atom. The van der Waals surface area contributed by atoms with Crippen LogP contribution in [0.3, 0.4) is 0 Å². The van der Waals surface area contributed by atoms with Crippen molar-refractivity contribution in [3.63, 3.8) is 0 Å². The lowest BCUT2D eigenvalue weighted by molar-refractivity contribution is 0.286. The van der Waals surface area contributed by atoms with Crippen molar-refractivity contribution >= 4 is 26.2 Å². The second-order valence-corrected chi connectivity index (χ2v) is 5.74. The van der Waals surface area contributed by atoms with Gasteiger partial charge in [0, 0.05) is 22.7 Å². The molecule has 0 saturated carbocycles. The molecular weight excluding hydrogens is 270 g/mol. The quantitative estimate of drug-likeness (QED) is 0.836. The van der Waals surface area contributed by atoms with E-state index in [-0.39, 0.29) is 18.0 Å². The molecule has 14 heavy (non-hydrogen) atoms. The van der Waals surface area contributed by atoms with Crippen molar-refractivity contribution in [2.24, 2.45) is 0 Å². The van der Waals surface area contributed by atoms with Crippen molar-refractivity contribution in [2.75, 3.05) is 13.2 Å². The molecule has 1 rings (SSSR count). The second kappa shape index (κ2) is 4.88. The van der Waals surface area contributed by atoms with Gasteiger partial charge in [-0.05, 0) is 12.1 Å². The van der Waals surface area contributed by atoms with Gasteiger partial charge in [0.05, 0.1) is 11.5 Å². The number of halogens is 1. The number of sulfonamides is 1. The maximum Gasteiger partial charge on any atom is 0.252 e. The maximum absolute atomic E-state index is 11.7. The first-order valence-corrected chi connectivity index (χ1v) is 6.08. The molecule has 0 aliphatic rings.